The second kappa shape index (κ2) is 6.04. The van der Waals surface area contributed by atoms with Gasteiger partial charge in [-0.3, -0.25) is 0 Å². The summed E-state index contributed by atoms with van der Waals surface area (Å²) in [5.41, 5.74) is 0. The predicted octanol–water partition coefficient (Wildman–Crippen LogP) is 1.77. The van der Waals surface area contributed by atoms with Gasteiger partial charge in [0.25, 0.3) is 0 Å². The predicted molar refractivity (Wildman–Crippen MR) is 38.6 cm³/mol. The third kappa shape index (κ3) is 10.5. The van der Waals surface area contributed by atoms with Crippen LogP contribution >= 0.6 is 0 Å². The van der Waals surface area contributed by atoms with E-state index < -0.39 is 34.8 Å². The van der Waals surface area contributed by atoms with Crippen LogP contribution in [0.1, 0.15) is 13.8 Å². The second-order valence-corrected chi connectivity index (χ2v) is 4.82. The number of halogens is 3. The van der Waals surface area contributed by atoms with Crippen molar-refractivity contribution in [3.63, 3.8) is 0 Å². The molecule has 0 rings (SSSR count). The summed E-state index contributed by atoms with van der Waals surface area (Å²) in [6.07, 6.45) is -4.22. The molecule has 0 fully saturated rings. The van der Waals surface area contributed by atoms with Crippen molar-refractivity contribution in [2.24, 2.45) is 5.92 Å². The summed E-state index contributed by atoms with van der Waals surface area (Å²) in [7, 11) is 0. The van der Waals surface area contributed by atoms with Crippen LogP contribution < -0.4 is 0 Å². The minimum absolute atomic E-state index is 0.348. The van der Waals surface area contributed by atoms with Gasteiger partial charge in [-0.05, 0) is 0 Å². The molecule has 0 saturated carbocycles. The Morgan fingerprint density at radius 1 is 1.25 bits per heavy atom. The first-order chi connectivity index (χ1) is 5.42. The molecule has 12 heavy (non-hydrogen) atoms. The SMILES string of the molecule is CC(C)C[O][Sn][O]CC(F)(F)F. The van der Waals surface area contributed by atoms with Crippen LogP contribution in [0.2, 0.25) is 0 Å². The van der Waals surface area contributed by atoms with Crippen molar-refractivity contribution in [3.05, 3.63) is 0 Å². The van der Waals surface area contributed by atoms with Gasteiger partial charge in [0.15, 0.2) is 0 Å². The molecule has 0 aromatic carbocycles. The van der Waals surface area contributed by atoms with Crippen molar-refractivity contribution in [1.82, 2.24) is 0 Å². The molecule has 6 heteroatoms. The van der Waals surface area contributed by atoms with E-state index in [1.807, 2.05) is 13.8 Å². The molecule has 2 nitrogen and oxygen atoms in total. The minimum atomic E-state index is -4.22. The van der Waals surface area contributed by atoms with Crippen LogP contribution in [0.25, 0.3) is 0 Å². The summed E-state index contributed by atoms with van der Waals surface area (Å²) in [5, 5.41) is 0. The van der Waals surface area contributed by atoms with Crippen LogP contribution in [-0.4, -0.2) is 41.4 Å². The molecule has 0 atom stereocenters. The van der Waals surface area contributed by atoms with Gasteiger partial charge in [-0.25, -0.2) is 0 Å². The van der Waals surface area contributed by atoms with Crippen molar-refractivity contribution < 1.29 is 19.3 Å². The zero-order chi connectivity index (χ0) is 9.61. The van der Waals surface area contributed by atoms with E-state index in [-0.39, 0.29) is 0 Å². The van der Waals surface area contributed by atoms with Crippen molar-refractivity contribution in [2.45, 2.75) is 20.0 Å². The summed E-state index contributed by atoms with van der Waals surface area (Å²) >= 11 is -1.69. The van der Waals surface area contributed by atoms with Gasteiger partial charge in [0.1, 0.15) is 0 Å². The Hall–Kier alpha value is 0.509. The molecule has 0 spiro atoms. The summed E-state index contributed by atoms with van der Waals surface area (Å²) in [6.45, 7) is 3.19. The first kappa shape index (κ1) is 12.5. The van der Waals surface area contributed by atoms with Crippen molar-refractivity contribution in [3.8, 4) is 0 Å². The Labute approximate surface area is 80.7 Å². The van der Waals surface area contributed by atoms with Crippen LogP contribution in [0.4, 0.5) is 13.2 Å². The molecule has 0 aliphatic rings. The summed E-state index contributed by atoms with van der Waals surface area (Å²) < 4.78 is 43.8. The zero-order valence-corrected chi connectivity index (χ0v) is 9.80. The molecule has 2 radical (unpaired) electrons. The first-order valence-corrected chi connectivity index (χ1v) is 5.80. The Morgan fingerprint density at radius 3 is 2.25 bits per heavy atom. The maximum atomic E-state index is 11.5. The molecule has 0 aliphatic carbocycles. The van der Waals surface area contributed by atoms with E-state index in [1.165, 1.54) is 0 Å². The molecule has 0 bridgehead atoms. The van der Waals surface area contributed by atoms with E-state index in [4.69, 9.17) is 3.07 Å². The molecular weight excluding hydrogens is 280 g/mol. The summed E-state index contributed by atoms with van der Waals surface area (Å²) in [4.78, 5) is 0. The van der Waals surface area contributed by atoms with E-state index >= 15 is 0 Å². The zero-order valence-electron chi connectivity index (χ0n) is 6.94. The molecule has 0 heterocycles. The van der Waals surface area contributed by atoms with Crippen LogP contribution in [-0.2, 0) is 6.15 Å². The fourth-order valence-corrected chi connectivity index (χ4v) is 2.37. The fourth-order valence-electron chi connectivity index (χ4n) is 0.354. The molecule has 0 aliphatic heterocycles. The third-order valence-electron chi connectivity index (χ3n) is 0.770. The quantitative estimate of drug-likeness (QED) is 0.568. The first-order valence-electron chi connectivity index (χ1n) is 3.47. The number of hydrogen-bond donors (Lipinski definition) is 0. The van der Waals surface area contributed by atoms with Crippen molar-refractivity contribution >= 4 is 22.0 Å². The Bertz CT molecular complexity index is 116. The average Bonchev–Trinajstić information content (AvgIpc) is 1.83. The molecular formula is C6H11F3O2Sn. The Kier molecular flexibility index (Phi) is 6.29. The topological polar surface area (TPSA) is 18.5 Å². The summed E-state index contributed by atoms with van der Waals surface area (Å²) in [6, 6.07) is 0. The van der Waals surface area contributed by atoms with Gasteiger partial charge in [-0.2, -0.15) is 0 Å². The van der Waals surface area contributed by atoms with Crippen LogP contribution in [0.15, 0.2) is 0 Å². The Morgan fingerprint density at radius 2 is 1.83 bits per heavy atom. The van der Waals surface area contributed by atoms with Gasteiger partial charge < -0.3 is 0 Å². The number of alkyl halides is 3. The molecule has 0 aromatic heterocycles. The monoisotopic (exact) mass is 292 g/mol. The van der Waals surface area contributed by atoms with Gasteiger partial charge in [-0.1, -0.05) is 0 Å². The number of rotatable bonds is 5. The van der Waals surface area contributed by atoms with Crippen LogP contribution in [0, 0.1) is 5.92 Å². The van der Waals surface area contributed by atoms with E-state index in [0.717, 1.165) is 0 Å². The van der Waals surface area contributed by atoms with E-state index in [1.54, 1.807) is 0 Å². The van der Waals surface area contributed by atoms with Gasteiger partial charge in [0, 0.05) is 0 Å². The Balaban J connectivity index is 3.12. The van der Waals surface area contributed by atoms with Gasteiger partial charge in [0.05, 0.1) is 0 Å². The molecule has 0 N–H and O–H groups in total. The molecule has 0 unspecified atom stereocenters. The van der Waals surface area contributed by atoms with Gasteiger partial charge in [-0.15, -0.1) is 0 Å². The molecule has 0 amide bonds. The van der Waals surface area contributed by atoms with E-state index in [0.29, 0.717) is 12.5 Å². The molecule has 72 valence electrons. The van der Waals surface area contributed by atoms with Crippen LogP contribution in [0.3, 0.4) is 0 Å². The van der Waals surface area contributed by atoms with Crippen molar-refractivity contribution in [2.75, 3.05) is 13.2 Å². The third-order valence-corrected chi connectivity index (χ3v) is 2.33. The summed E-state index contributed by atoms with van der Waals surface area (Å²) in [5.74, 6) is 0.348. The molecule has 0 aromatic rings. The van der Waals surface area contributed by atoms with Gasteiger partial charge in [0.2, 0.25) is 0 Å². The van der Waals surface area contributed by atoms with Crippen molar-refractivity contribution in [1.29, 1.82) is 0 Å². The van der Waals surface area contributed by atoms with E-state index in [9.17, 15) is 13.2 Å². The maximum absolute atomic E-state index is 11.5. The van der Waals surface area contributed by atoms with E-state index in [2.05, 4.69) is 3.07 Å². The van der Waals surface area contributed by atoms with Gasteiger partial charge >= 0.3 is 80.4 Å². The average molecular weight is 291 g/mol. The standard InChI is InChI=1S/C4H9O.C2H2F3O.Sn/c1-4(2)3-5;3-2(4,5)1-6;/h4H,3H2,1-2H3;1H2;/q2*-1;+2. The molecule has 0 saturated heterocycles. The number of hydrogen-bond acceptors (Lipinski definition) is 2. The normalized spacial score (nSPS) is 12.5. The van der Waals surface area contributed by atoms with Crippen LogP contribution in [0.5, 0.6) is 0 Å². The second-order valence-electron chi connectivity index (χ2n) is 2.69. The fraction of sp³-hybridized carbons (Fsp3) is 1.00.